The number of rotatable bonds is 12. The molecule has 2 N–H and O–H groups in total. The van der Waals surface area contributed by atoms with E-state index in [1.54, 1.807) is 0 Å². The van der Waals surface area contributed by atoms with E-state index in [9.17, 15) is 30.4 Å². The summed E-state index contributed by atoms with van der Waals surface area (Å²) >= 11 is 0. The predicted molar refractivity (Wildman–Crippen MR) is 137 cm³/mol. The Bertz CT molecular complexity index is 1480. The van der Waals surface area contributed by atoms with Crippen LogP contribution in [0.4, 0.5) is 0 Å². The van der Waals surface area contributed by atoms with Gasteiger partial charge in [0.1, 0.15) is 32.8 Å². The molecule has 0 amide bonds. The van der Waals surface area contributed by atoms with E-state index in [-0.39, 0.29) is 32.8 Å². The van der Waals surface area contributed by atoms with E-state index in [0.717, 1.165) is 4.31 Å². The lowest BCUT2D eigenvalue weighted by Crippen LogP contribution is -2.49. The van der Waals surface area contributed by atoms with Crippen molar-refractivity contribution >= 4 is 29.9 Å². The third-order valence-corrected chi connectivity index (χ3v) is 11.0. The molecule has 38 heavy (non-hydrogen) atoms. The Labute approximate surface area is 222 Å². The van der Waals surface area contributed by atoms with Crippen LogP contribution in [0.25, 0.3) is 0 Å². The predicted octanol–water partition coefficient (Wildman–Crippen LogP) is -0.152. The largest absolute Gasteiger partial charge is 0.497 e. The average molecular weight is 595 g/mol. The van der Waals surface area contributed by atoms with E-state index < -0.39 is 66.6 Å². The summed E-state index contributed by atoms with van der Waals surface area (Å²) in [5.41, 5.74) is 0. The first-order valence-electron chi connectivity index (χ1n) is 11.1. The van der Waals surface area contributed by atoms with Crippen molar-refractivity contribution in [3.63, 3.8) is 0 Å². The van der Waals surface area contributed by atoms with E-state index in [1.807, 2.05) is 0 Å². The van der Waals surface area contributed by atoms with Crippen LogP contribution in [0.1, 0.15) is 0 Å². The summed E-state index contributed by atoms with van der Waals surface area (Å²) in [6, 6.07) is 6.83. The lowest BCUT2D eigenvalue weighted by atomic mass is 10.2. The van der Waals surface area contributed by atoms with Crippen molar-refractivity contribution in [3.05, 3.63) is 36.4 Å². The molecule has 3 rings (SSSR count). The molecule has 16 heteroatoms. The van der Waals surface area contributed by atoms with Crippen molar-refractivity contribution in [2.45, 2.75) is 21.9 Å². The quantitative estimate of drug-likeness (QED) is 0.334. The van der Waals surface area contributed by atoms with Gasteiger partial charge in [-0.05, 0) is 24.3 Å². The van der Waals surface area contributed by atoms with Crippen LogP contribution in [0.5, 0.6) is 23.0 Å². The molecule has 0 saturated carbocycles. The van der Waals surface area contributed by atoms with Crippen LogP contribution in [-0.2, 0) is 29.9 Å². The number of ether oxygens (including phenoxy) is 4. The zero-order valence-electron chi connectivity index (χ0n) is 21.1. The molecule has 2 aromatic carbocycles. The van der Waals surface area contributed by atoms with Gasteiger partial charge in [0.15, 0.2) is 9.84 Å². The van der Waals surface area contributed by atoms with Gasteiger partial charge in [-0.3, -0.25) is 0 Å². The Morgan fingerprint density at radius 1 is 0.868 bits per heavy atom. The van der Waals surface area contributed by atoms with Crippen molar-refractivity contribution in [3.8, 4) is 23.0 Å². The molecule has 2 aromatic rings. The first-order valence-corrected chi connectivity index (χ1v) is 15.9. The Morgan fingerprint density at radius 3 is 1.87 bits per heavy atom. The molecule has 0 bridgehead atoms. The number of nitrogens with one attached hydrogen (secondary N) is 1. The number of sulfonamides is 2. The molecule has 13 nitrogen and oxygen atoms in total. The Kier molecular flexibility index (Phi) is 9.16. The zero-order valence-corrected chi connectivity index (χ0v) is 23.6. The fourth-order valence-electron chi connectivity index (χ4n) is 4.02. The van der Waals surface area contributed by atoms with Crippen LogP contribution in [-0.4, -0.2) is 99.8 Å². The minimum absolute atomic E-state index is 0.0289. The number of aliphatic hydroxyl groups is 1. The van der Waals surface area contributed by atoms with Gasteiger partial charge in [-0.25, -0.2) is 30.0 Å². The van der Waals surface area contributed by atoms with Gasteiger partial charge in [-0.1, -0.05) is 0 Å². The van der Waals surface area contributed by atoms with Crippen molar-refractivity contribution < 1.29 is 49.3 Å². The Balaban J connectivity index is 1.98. The van der Waals surface area contributed by atoms with Crippen LogP contribution in [0.2, 0.25) is 0 Å². The van der Waals surface area contributed by atoms with Gasteiger partial charge in [0, 0.05) is 25.2 Å². The molecular weight excluding hydrogens is 564 g/mol. The number of hydrogen-bond donors (Lipinski definition) is 2. The first kappa shape index (κ1) is 29.9. The summed E-state index contributed by atoms with van der Waals surface area (Å²) in [5, 5.41) is 10.5. The van der Waals surface area contributed by atoms with Crippen LogP contribution < -0.4 is 23.7 Å². The van der Waals surface area contributed by atoms with Gasteiger partial charge >= 0.3 is 0 Å². The second-order valence-corrected chi connectivity index (χ2v) is 14.0. The molecule has 0 radical (unpaired) electrons. The minimum atomic E-state index is -4.52. The molecule has 1 fully saturated rings. The number of nitrogens with zero attached hydrogens (tertiary/aromatic N) is 1. The minimum Gasteiger partial charge on any atom is -0.497 e. The first-order chi connectivity index (χ1) is 17.8. The highest BCUT2D eigenvalue weighted by Crippen LogP contribution is 2.33. The van der Waals surface area contributed by atoms with Crippen molar-refractivity contribution in [1.82, 2.24) is 9.03 Å². The van der Waals surface area contributed by atoms with Gasteiger partial charge < -0.3 is 24.1 Å². The second-order valence-electron chi connectivity index (χ2n) is 8.26. The molecule has 0 unspecified atom stereocenters. The van der Waals surface area contributed by atoms with E-state index in [2.05, 4.69) is 4.72 Å². The number of aliphatic hydroxyl groups excluding tert-OH is 1. The second kappa shape index (κ2) is 11.6. The molecule has 0 spiro atoms. The van der Waals surface area contributed by atoms with Crippen LogP contribution in [0.15, 0.2) is 46.2 Å². The van der Waals surface area contributed by atoms with Gasteiger partial charge in [-0.15, -0.1) is 0 Å². The summed E-state index contributed by atoms with van der Waals surface area (Å²) in [6.45, 7) is -0.969. The summed E-state index contributed by atoms with van der Waals surface area (Å²) < 4.78 is 102. The number of sulfone groups is 1. The lowest BCUT2D eigenvalue weighted by molar-refractivity contribution is 0.128. The van der Waals surface area contributed by atoms with Crippen LogP contribution in [0.3, 0.4) is 0 Å². The number of hydrogen-bond acceptors (Lipinski definition) is 11. The average Bonchev–Trinajstić information content (AvgIpc) is 3.16. The summed E-state index contributed by atoms with van der Waals surface area (Å²) in [6.07, 6.45) is -1.53. The molecule has 2 atom stereocenters. The number of methoxy groups -OCH3 is 4. The maximum absolute atomic E-state index is 13.8. The van der Waals surface area contributed by atoms with Crippen LogP contribution >= 0.6 is 0 Å². The molecule has 0 aromatic heterocycles. The van der Waals surface area contributed by atoms with Crippen molar-refractivity contribution in [2.24, 2.45) is 0 Å². The Hall–Kier alpha value is -2.63. The normalized spacial score (nSPS) is 19.3. The molecule has 0 aliphatic carbocycles. The molecule has 1 saturated heterocycles. The van der Waals surface area contributed by atoms with Crippen LogP contribution in [0, 0.1) is 0 Å². The standard InChI is InChI=1S/C22H30N2O11S3/c1-32-15-5-7-19(34-3)21(11-15)37(28,29)23-9-10-24(17-13-36(26,27)14-18(17)25)38(30,31)22-12-16(33-2)6-8-20(22)35-4/h5-8,11-12,17-18,23,25H,9-10,13-14H2,1-4H3/t17-,18-/m1/s1. The fraction of sp³-hybridized carbons (Fsp3) is 0.455. The third kappa shape index (κ3) is 6.32. The number of benzene rings is 2. The topological polar surface area (TPSA) is 175 Å². The molecule has 1 aliphatic rings. The molecule has 212 valence electrons. The van der Waals surface area contributed by atoms with Gasteiger partial charge in [0.05, 0.1) is 52.1 Å². The van der Waals surface area contributed by atoms with Gasteiger partial charge in [-0.2, -0.15) is 4.31 Å². The molecular formula is C22H30N2O11S3. The van der Waals surface area contributed by atoms with Crippen molar-refractivity contribution in [1.29, 1.82) is 0 Å². The highest BCUT2D eigenvalue weighted by Gasteiger charge is 2.45. The summed E-state index contributed by atoms with van der Waals surface area (Å²) in [7, 11) is -7.25. The third-order valence-electron chi connectivity index (χ3n) is 5.91. The van der Waals surface area contributed by atoms with Gasteiger partial charge in [0.2, 0.25) is 20.0 Å². The summed E-state index contributed by atoms with van der Waals surface area (Å²) in [4.78, 5) is -0.583. The lowest BCUT2D eigenvalue weighted by Gasteiger charge is -2.30. The Morgan fingerprint density at radius 2 is 1.39 bits per heavy atom. The highest BCUT2D eigenvalue weighted by atomic mass is 32.2. The van der Waals surface area contributed by atoms with E-state index >= 15 is 0 Å². The van der Waals surface area contributed by atoms with E-state index in [0.29, 0.717) is 0 Å². The van der Waals surface area contributed by atoms with E-state index in [1.165, 1.54) is 64.8 Å². The van der Waals surface area contributed by atoms with E-state index in [4.69, 9.17) is 18.9 Å². The smallest absolute Gasteiger partial charge is 0.247 e. The monoisotopic (exact) mass is 594 g/mol. The fourth-order valence-corrected chi connectivity index (χ4v) is 8.95. The maximum atomic E-state index is 13.8. The zero-order chi connectivity index (χ0) is 28.3. The summed E-state index contributed by atoms with van der Waals surface area (Å²) in [5.74, 6) is -0.856. The maximum Gasteiger partial charge on any atom is 0.247 e. The molecule has 1 heterocycles. The van der Waals surface area contributed by atoms with Gasteiger partial charge in [0.25, 0.3) is 0 Å². The molecule has 1 aliphatic heterocycles. The van der Waals surface area contributed by atoms with Crippen molar-refractivity contribution in [2.75, 3.05) is 53.0 Å². The SMILES string of the molecule is COc1ccc(OC)c(S(=O)(=O)NCCN([C@@H]2CS(=O)(=O)C[C@H]2O)S(=O)(=O)c2cc(OC)ccc2OC)c1. The highest BCUT2D eigenvalue weighted by molar-refractivity contribution is 7.92.